The van der Waals surface area contributed by atoms with Crippen LogP contribution >= 0.6 is 11.6 Å². The lowest BCUT2D eigenvalue weighted by atomic mass is 10.0. The lowest BCUT2D eigenvalue weighted by Crippen LogP contribution is -2.30. The Labute approximate surface area is 130 Å². The number of rotatable bonds is 3. The fraction of sp³-hybridized carbons (Fsp3) is 0.278. The van der Waals surface area contributed by atoms with Crippen LogP contribution in [0.25, 0.3) is 0 Å². The second-order valence-corrected chi connectivity index (χ2v) is 5.97. The molecular weight excluding hydrogens is 282 g/mol. The molecule has 2 aromatic rings. The van der Waals surface area contributed by atoms with Gasteiger partial charge in [-0.3, -0.25) is 4.79 Å². The standard InChI is InChI=1S/C18H18ClNO/c19-15-8-6-14-7-9-16(11-18(21)17(14)10-15)20-12-13-4-2-1-3-5-13/h1-6,8,10,16,20H,7,9,11-12H2. The van der Waals surface area contributed by atoms with E-state index in [0.29, 0.717) is 11.4 Å². The van der Waals surface area contributed by atoms with Crippen LogP contribution in [0.2, 0.25) is 5.02 Å². The highest BCUT2D eigenvalue weighted by Crippen LogP contribution is 2.24. The fourth-order valence-corrected chi connectivity index (χ4v) is 3.00. The molecule has 1 aliphatic carbocycles. The van der Waals surface area contributed by atoms with E-state index >= 15 is 0 Å². The van der Waals surface area contributed by atoms with Gasteiger partial charge in [0.2, 0.25) is 0 Å². The zero-order valence-corrected chi connectivity index (χ0v) is 12.6. The minimum absolute atomic E-state index is 0.190. The summed E-state index contributed by atoms with van der Waals surface area (Å²) in [7, 11) is 0. The van der Waals surface area contributed by atoms with Gasteiger partial charge in [-0.05, 0) is 36.1 Å². The van der Waals surface area contributed by atoms with E-state index in [1.807, 2.05) is 30.3 Å². The Morgan fingerprint density at radius 2 is 1.95 bits per heavy atom. The van der Waals surface area contributed by atoms with Gasteiger partial charge in [0.25, 0.3) is 0 Å². The van der Waals surface area contributed by atoms with Crippen molar-refractivity contribution in [2.45, 2.75) is 31.8 Å². The molecule has 0 aromatic heterocycles. The van der Waals surface area contributed by atoms with Gasteiger partial charge >= 0.3 is 0 Å². The van der Waals surface area contributed by atoms with Crippen LogP contribution < -0.4 is 5.32 Å². The molecule has 0 bridgehead atoms. The lowest BCUT2D eigenvalue weighted by molar-refractivity contribution is 0.0971. The average Bonchev–Trinajstić information content (AvgIpc) is 2.66. The minimum atomic E-state index is 0.190. The second-order valence-electron chi connectivity index (χ2n) is 5.53. The molecule has 2 aromatic carbocycles. The molecule has 3 rings (SSSR count). The molecule has 1 atom stereocenters. The highest BCUT2D eigenvalue weighted by molar-refractivity contribution is 6.31. The average molecular weight is 300 g/mol. The number of hydrogen-bond donors (Lipinski definition) is 1. The summed E-state index contributed by atoms with van der Waals surface area (Å²) in [5.74, 6) is 0.190. The third-order valence-corrected chi connectivity index (χ3v) is 4.24. The molecule has 108 valence electrons. The van der Waals surface area contributed by atoms with Crippen LogP contribution in [0.5, 0.6) is 0 Å². The van der Waals surface area contributed by atoms with Gasteiger partial charge < -0.3 is 5.32 Å². The maximum absolute atomic E-state index is 12.4. The van der Waals surface area contributed by atoms with E-state index < -0.39 is 0 Å². The number of halogens is 1. The van der Waals surface area contributed by atoms with Gasteiger partial charge in [-0.25, -0.2) is 0 Å². The molecule has 0 radical (unpaired) electrons. The van der Waals surface area contributed by atoms with Crippen LogP contribution in [0.15, 0.2) is 48.5 Å². The lowest BCUT2D eigenvalue weighted by Gasteiger charge is -2.15. The number of benzene rings is 2. The first kappa shape index (κ1) is 14.3. The molecule has 0 saturated heterocycles. The van der Waals surface area contributed by atoms with E-state index in [9.17, 15) is 4.79 Å². The summed E-state index contributed by atoms with van der Waals surface area (Å²) in [5, 5.41) is 4.14. The quantitative estimate of drug-likeness (QED) is 0.867. The van der Waals surface area contributed by atoms with Crippen molar-refractivity contribution in [2.75, 3.05) is 0 Å². The summed E-state index contributed by atoms with van der Waals surface area (Å²) >= 11 is 6.00. The number of hydrogen-bond acceptors (Lipinski definition) is 2. The van der Waals surface area contributed by atoms with Crippen molar-refractivity contribution in [3.05, 3.63) is 70.2 Å². The Balaban J connectivity index is 1.67. The first-order valence-electron chi connectivity index (χ1n) is 7.31. The van der Waals surface area contributed by atoms with Gasteiger partial charge in [0.1, 0.15) is 0 Å². The Morgan fingerprint density at radius 3 is 2.76 bits per heavy atom. The van der Waals surface area contributed by atoms with Gasteiger partial charge in [-0.2, -0.15) is 0 Å². The van der Waals surface area contributed by atoms with E-state index in [1.54, 1.807) is 6.07 Å². The maximum atomic E-state index is 12.4. The maximum Gasteiger partial charge on any atom is 0.164 e. The molecule has 0 spiro atoms. The topological polar surface area (TPSA) is 29.1 Å². The summed E-state index contributed by atoms with van der Waals surface area (Å²) in [6, 6.07) is 16.2. The number of Topliss-reactive ketones (excluding diaryl/α,β-unsaturated/α-hetero) is 1. The molecule has 1 unspecified atom stereocenters. The smallest absolute Gasteiger partial charge is 0.164 e. The first-order valence-corrected chi connectivity index (χ1v) is 7.69. The van der Waals surface area contributed by atoms with Crippen LogP contribution in [-0.2, 0) is 13.0 Å². The van der Waals surface area contributed by atoms with Crippen molar-refractivity contribution >= 4 is 17.4 Å². The highest BCUT2D eigenvalue weighted by Gasteiger charge is 2.22. The molecule has 0 heterocycles. The van der Waals surface area contributed by atoms with Crippen LogP contribution in [0, 0.1) is 0 Å². The number of carbonyl (C=O) groups is 1. The zero-order chi connectivity index (χ0) is 14.7. The molecule has 0 fully saturated rings. The molecule has 2 nitrogen and oxygen atoms in total. The van der Waals surface area contributed by atoms with E-state index in [4.69, 9.17) is 11.6 Å². The van der Waals surface area contributed by atoms with E-state index in [2.05, 4.69) is 17.4 Å². The monoisotopic (exact) mass is 299 g/mol. The molecule has 21 heavy (non-hydrogen) atoms. The number of aryl methyl sites for hydroxylation is 1. The minimum Gasteiger partial charge on any atom is -0.309 e. The van der Waals surface area contributed by atoms with Crippen molar-refractivity contribution in [1.29, 1.82) is 0 Å². The van der Waals surface area contributed by atoms with Gasteiger partial charge in [0.15, 0.2) is 5.78 Å². The SMILES string of the molecule is O=C1CC(NCc2ccccc2)CCc2ccc(Cl)cc21. The highest BCUT2D eigenvalue weighted by atomic mass is 35.5. The molecule has 0 amide bonds. The Bertz CT molecular complexity index is 639. The summed E-state index contributed by atoms with van der Waals surface area (Å²) in [4.78, 5) is 12.4. The zero-order valence-electron chi connectivity index (χ0n) is 11.8. The van der Waals surface area contributed by atoms with Crippen molar-refractivity contribution < 1.29 is 4.79 Å². The summed E-state index contributed by atoms with van der Waals surface area (Å²) in [5.41, 5.74) is 3.16. The second kappa shape index (κ2) is 6.42. The largest absolute Gasteiger partial charge is 0.309 e. The van der Waals surface area contributed by atoms with E-state index in [-0.39, 0.29) is 11.8 Å². The van der Waals surface area contributed by atoms with E-state index in [1.165, 1.54) is 5.56 Å². The van der Waals surface area contributed by atoms with Crippen LogP contribution in [0.4, 0.5) is 0 Å². The predicted molar refractivity (Wildman–Crippen MR) is 85.8 cm³/mol. The van der Waals surface area contributed by atoms with Crippen molar-refractivity contribution in [2.24, 2.45) is 0 Å². The Morgan fingerprint density at radius 1 is 1.14 bits per heavy atom. The Kier molecular flexibility index (Phi) is 4.37. The normalized spacial score (nSPS) is 18.1. The molecule has 1 N–H and O–H groups in total. The predicted octanol–water partition coefficient (Wildman–Crippen LogP) is 4.02. The first-order chi connectivity index (χ1) is 10.2. The molecular formula is C18H18ClNO. The number of nitrogens with one attached hydrogen (secondary N) is 1. The van der Waals surface area contributed by atoms with Gasteiger partial charge in [-0.15, -0.1) is 0 Å². The summed E-state index contributed by atoms with van der Waals surface area (Å²) in [6.07, 6.45) is 2.44. The van der Waals surface area contributed by atoms with Crippen molar-refractivity contribution in [3.63, 3.8) is 0 Å². The summed E-state index contributed by atoms with van der Waals surface area (Å²) < 4.78 is 0. The molecule has 3 heteroatoms. The van der Waals surface area contributed by atoms with Gasteiger partial charge in [0.05, 0.1) is 0 Å². The molecule has 1 aliphatic rings. The van der Waals surface area contributed by atoms with Gasteiger partial charge in [-0.1, -0.05) is 48.0 Å². The van der Waals surface area contributed by atoms with E-state index in [0.717, 1.165) is 30.5 Å². The fourth-order valence-electron chi connectivity index (χ4n) is 2.82. The molecule has 0 saturated carbocycles. The number of fused-ring (bicyclic) bond motifs is 1. The molecule has 0 aliphatic heterocycles. The van der Waals surface area contributed by atoms with Crippen molar-refractivity contribution in [3.8, 4) is 0 Å². The Hall–Kier alpha value is -1.64. The van der Waals surface area contributed by atoms with Crippen molar-refractivity contribution in [1.82, 2.24) is 5.32 Å². The van der Waals surface area contributed by atoms with Crippen LogP contribution in [0.3, 0.4) is 0 Å². The summed E-state index contributed by atoms with van der Waals surface area (Å²) in [6.45, 7) is 0.801. The van der Waals surface area contributed by atoms with Gasteiger partial charge in [0, 0.05) is 29.6 Å². The number of carbonyl (C=O) groups excluding carboxylic acids is 1. The third kappa shape index (κ3) is 3.52. The third-order valence-electron chi connectivity index (χ3n) is 4.00. The van der Waals surface area contributed by atoms with Crippen LogP contribution in [0.1, 0.15) is 34.3 Å². The van der Waals surface area contributed by atoms with Crippen LogP contribution in [-0.4, -0.2) is 11.8 Å². The number of ketones is 1.